The molecule has 8 nitrogen and oxygen atoms in total. The molecule has 0 radical (unpaired) electrons. The van der Waals surface area contributed by atoms with Gasteiger partial charge in [-0.25, -0.2) is 4.79 Å². The fourth-order valence-corrected chi connectivity index (χ4v) is 3.27. The van der Waals surface area contributed by atoms with Crippen molar-refractivity contribution in [2.75, 3.05) is 6.54 Å². The summed E-state index contributed by atoms with van der Waals surface area (Å²) in [6, 6.07) is -1.71. The van der Waals surface area contributed by atoms with Crippen LogP contribution in [-0.2, 0) is 4.79 Å². The normalized spacial score (nSPS) is 14.1. The van der Waals surface area contributed by atoms with Gasteiger partial charge in [0, 0.05) is 6.54 Å². The van der Waals surface area contributed by atoms with Gasteiger partial charge in [-0.15, -0.1) is 0 Å². The first-order valence-electron chi connectivity index (χ1n) is 11.6. The third-order valence-electron chi connectivity index (χ3n) is 5.03. The van der Waals surface area contributed by atoms with Crippen LogP contribution in [0.5, 0.6) is 0 Å². The second-order valence-electron chi connectivity index (χ2n) is 8.61. The number of unbranched alkanes of at least 4 members (excludes halogenated alkanes) is 8. The fraction of sp³-hybridized carbons (Fsp3) is 0.905. The quantitative estimate of drug-likeness (QED) is 0.156. The lowest BCUT2D eigenvalue weighted by Gasteiger charge is -2.25. The summed E-state index contributed by atoms with van der Waals surface area (Å²) in [5.41, 5.74) is 0. The zero-order chi connectivity index (χ0) is 22.9. The molecular formula is C21H44BN3O5. The molecule has 0 saturated carbocycles. The molecule has 0 aliphatic rings. The molecule has 0 aromatic carbocycles. The molecular weight excluding hydrogens is 385 g/mol. The number of hydrogen-bond acceptors (Lipinski definition) is 5. The van der Waals surface area contributed by atoms with Gasteiger partial charge in [0.1, 0.15) is 6.04 Å². The van der Waals surface area contributed by atoms with Crippen LogP contribution >= 0.6 is 0 Å². The highest BCUT2D eigenvalue weighted by molar-refractivity contribution is 6.43. The van der Waals surface area contributed by atoms with Crippen molar-refractivity contribution in [1.82, 2.24) is 16.0 Å². The monoisotopic (exact) mass is 429 g/mol. The maximum absolute atomic E-state index is 12.4. The van der Waals surface area contributed by atoms with E-state index in [9.17, 15) is 24.7 Å². The SMILES string of the molecule is CCCCCCCCCCCNC(=O)N[C@H](C(=O)N[C@@H](CC(C)C)B(O)O)[C@@H](C)O. The van der Waals surface area contributed by atoms with Crippen LogP contribution in [-0.4, -0.2) is 58.8 Å². The molecule has 0 heterocycles. The van der Waals surface area contributed by atoms with Crippen molar-refractivity contribution in [2.24, 2.45) is 5.92 Å². The number of amides is 3. The van der Waals surface area contributed by atoms with Crippen LogP contribution in [0.4, 0.5) is 4.79 Å². The Morgan fingerprint density at radius 3 is 1.87 bits per heavy atom. The minimum Gasteiger partial charge on any atom is -0.426 e. The van der Waals surface area contributed by atoms with Gasteiger partial charge in [-0.05, 0) is 25.7 Å². The molecule has 0 fully saturated rings. The Bertz CT molecular complexity index is 464. The lowest BCUT2D eigenvalue weighted by molar-refractivity contribution is -0.125. The molecule has 3 atom stereocenters. The van der Waals surface area contributed by atoms with Crippen LogP contribution < -0.4 is 16.0 Å². The molecule has 0 aromatic heterocycles. The maximum atomic E-state index is 12.4. The van der Waals surface area contributed by atoms with Gasteiger partial charge in [0.15, 0.2) is 0 Å². The highest BCUT2D eigenvalue weighted by Gasteiger charge is 2.31. The van der Waals surface area contributed by atoms with Crippen molar-refractivity contribution in [2.45, 2.75) is 110 Å². The third-order valence-corrected chi connectivity index (χ3v) is 5.03. The first-order valence-corrected chi connectivity index (χ1v) is 11.6. The maximum Gasteiger partial charge on any atom is 0.475 e. The molecule has 0 aromatic rings. The smallest absolute Gasteiger partial charge is 0.426 e. The van der Waals surface area contributed by atoms with Gasteiger partial charge < -0.3 is 31.1 Å². The molecule has 0 aliphatic heterocycles. The topological polar surface area (TPSA) is 131 Å². The van der Waals surface area contributed by atoms with E-state index in [2.05, 4.69) is 22.9 Å². The van der Waals surface area contributed by atoms with Crippen molar-refractivity contribution in [3.63, 3.8) is 0 Å². The highest BCUT2D eigenvalue weighted by atomic mass is 16.4. The lowest BCUT2D eigenvalue weighted by Crippen LogP contribution is -2.58. The van der Waals surface area contributed by atoms with Crippen LogP contribution in [0, 0.1) is 5.92 Å². The summed E-state index contributed by atoms with van der Waals surface area (Å²) >= 11 is 0. The predicted molar refractivity (Wildman–Crippen MR) is 121 cm³/mol. The molecule has 6 N–H and O–H groups in total. The van der Waals surface area contributed by atoms with Crippen molar-refractivity contribution in [3.8, 4) is 0 Å². The van der Waals surface area contributed by atoms with Crippen LogP contribution in [0.25, 0.3) is 0 Å². The van der Waals surface area contributed by atoms with Crippen LogP contribution in [0.1, 0.15) is 91.9 Å². The average Bonchev–Trinajstić information content (AvgIpc) is 2.66. The van der Waals surface area contributed by atoms with Gasteiger partial charge in [-0.1, -0.05) is 72.1 Å². The van der Waals surface area contributed by atoms with Crippen LogP contribution in [0.3, 0.4) is 0 Å². The zero-order valence-electron chi connectivity index (χ0n) is 19.3. The molecule has 0 bridgehead atoms. The Kier molecular flexibility index (Phi) is 16.6. The summed E-state index contributed by atoms with van der Waals surface area (Å²) in [5.74, 6) is -1.39. The van der Waals surface area contributed by atoms with Gasteiger partial charge in [0.05, 0.1) is 12.0 Å². The molecule has 30 heavy (non-hydrogen) atoms. The van der Waals surface area contributed by atoms with E-state index in [-0.39, 0.29) is 5.92 Å². The number of hydrogen-bond donors (Lipinski definition) is 6. The number of nitrogens with one attached hydrogen (secondary N) is 3. The second-order valence-corrected chi connectivity index (χ2v) is 8.61. The van der Waals surface area contributed by atoms with Crippen molar-refractivity contribution in [1.29, 1.82) is 0 Å². The minimum absolute atomic E-state index is 0.134. The number of urea groups is 1. The Hall–Kier alpha value is -1.32. The fourth-order valence-electron chi connectivity index (χ4n) is 3.27. The number of carbonyl (C=O) groups is 2. The molecule has 9 heteroatoms. The molecule has 0 unspecified atom stereocenters. The van der Waals surface area contributed by atoms with Gasteiger partial charge in [-0.2, -0.15) is 0 Å². The molecule has 0 spiro atoms. The molecule has 0 aliphatic carbocycles. The third kappa shape index (κ3) is 14.6. The summed E-state index contributed by atoms with van der Waals surface area (Å²) in [4.78, 5) is 24.5. The molecule has 176 valence electrons. The standard InChI is InChI=1S/C21H44BN3O5/c1-5-6-7-8-9-10-11-12-13-14-23-21(28)25-19(17(4)26)20(27)24-18(22(29)30)15-16(2)3/h16-19,26,29-30H,5-15H2,1-4H3,(H,24,27)(H2,23,25,28)/t17-,18+,19+/m1/s1. The first kappa shape index (κ1) is 28.7. The summed E-state index contributed by atoms with van der Waals surface area (Å²) in [6.07, 6.45) is 9.94. The Labute approximate surface area is 182 Å². The Morgan fingerprint density at radius 1 is 0.867 bits per heavy atom. The lowest BCUT2D eigenvalue weighted by atomic mass is 9.75. The summed E-state index contributed by atoms with van der Waals surface area (Å²) in [5, 5.41) is 36.5. The number of carbonyl (C=O) groups excluding carboxylic acids is 2. The van der Waals surface area contributed by atoms with Crippen molar-refractivity contribution in [3.05, 3.63) is 0 Å². The van der Waals surface area contributed by atoms with Crippen LogP contribution in [0.2, 0.25) is 0 Å². The first-order chi connectivity index (χ1) is 14.2. The van der Waals surface area contributed by atoms with E-state index in [1.807, 2.05) is 13.8 Å². The minimum atomic E-state index is -1.72. The Balaban J connectivity index is 4.19. The van der Waals surface area contributed by atoms with Gasteiger partial charge in [0.25, 0.3) is 0 Å². The van der Waals surface area contributed by atoms with Gasteiger partial charge in [-0.3, -0.25) is 4.79 Å². The average molecular weight is 429 g/mol. The van der Waals surface area contributed by atoms with Crippen molar-refractivity contribution >= 4 is 19.1 Å². The summed E-state index contributed by atoms with van der Waals surface area (Å²) < 4.78 is 0. The van der Waals surface area contributed by atoms with E-state index in [0.717, 1.165) is 19.3 Å². The Morgan fingerprint density at radius 2 is 1.40 bits per heavy atom. The van der Waals surface area contributed by atoms with Gasteiger partial charge >= 0.3 is 13.1 Å². The van der Waals surface area contributed by atoms with E-state index in [4.69, 9.17) is 0 Å². The van der Waals surface area contributed by atoms with E-state index < -0.39 is 37.1 Å². The highest BCUT2D eigenvalue weighted by Crippen LogP contribution is 2.09. The van der Waals surface area contributed by atoms with E-state index in [1.54, 1.807) is 0 Å². The molecule has 0 saturated heterocycles. The predicted octanol–water partition coefficient (Wildman–Crippen LogP) is 2.11. The second kappa shape index (κ2) is 17.4. The van der Waals surface area contributed by atoms with Gasteiger partial charge in [0.2, 0.25) is 5.91 Å². The summed E-state index contributed by atoms with van der Waals surface area (Å²) in [7, 11) is -1.72. The largest absolute Gasteiger partial charge is 0.475 e. The van der Waals surface area contributed by atoms with E-state index in [1.165, 1.54) is 45.4 Å². The number of rotatable bonds is 17. The molecule has 3 amide bonds. The van der Waals surface area contributed by atoms with Crippen molar-refractivity contribution < 1.29 is 24.7 Å². The van der Waals surface area contributed by atoms with E-state index >= 15 is 0 Å². The van der Waals surface area contributed by atoms with Crippen LogP contribution in [0.15, 0.2) is 0 Å². The zero-order valence-corrected chi connectivity index (χ0v) is 19.3. The number of aliphatic hydroxyl groups excluding tert-OH is 1. The summed E-state index contributed by atoms with van der Waals surface area (Å²) in [6.45, 7) is 7.90. The molecule has 0 rings (SSSR count). The number of aliphatic hydroxyl groups is 1. The van der Waals surface area contributed by atoms with E-state index in [0.29, 0.717) is 13.0 Å².